The molecular formula is C16H22N2O6S2. The van der Waals surface area contributed by atoms with Gasteiger partial charge in [-0.2, -0.15) is 0 Å². The van der Waals surface area contributed by atoms with Crippen LogP contribution in [0.3, 0.4) is 0 Å². The number of carbonyl (C=O) groups is 2. The molecule has 1 heterocycles. The molecule has 1 saturated heterocycles. The Hall–Kier alpha value is -1.78. The van der Waals surface area contributed by atoms with E-state index in [4.69, 9.17) is 9.94 Å². The molecule has 1 fully saturated rings. The van der Waals surface area contributed by atoms with Gasteiger partial charge in [0.1, 0.15) is 6.10 Å². The second kappa shape index (κ2) is 7.85. The SMILES string of the molecule is CCSc1ccc(N2CC(CC(C)(C(=O)NO)S(C)(=O)=O)OC2=O)cc1. The second-order valence-electron chi connectivity index (χ2n) is 6.19. The predicted molar refractivity (Wildman–Crippen MR) is 98.3 cm³/mol. The fourth-order valence-corrected chi connectivity index (χ4v) is 4.23. The standard InChI is InChI=1S/C16H22N2O6S2/c1-4-25-13-7-5-11(6-8-13)18-10-12(24-15(18)20)9-16(2,14(19)17-21)26(3,22)23/h5-8,12,21H,4,9-10H2,1-3H3,(H,17,19). The summed E-state index contributed by atoms with van der Waals surface area (Å²) in [5, 5.41) is 8.88. The van der Waals surface area contributed by atoms with Crippen molar-refractivity contribution in [3.63, 3.8) is 0 Å². The summed E-state index contributed by atoms with van der Waals surface area (Å²) in [6, 6.07) is 7.36. The van der Waals surface area contributed by atoms with E-state index in [0.29, 0.717) is 5.69 Å². The summed E-state index contributed by atoms with van der Waals surface area (Å²) >= 11 is 1.67. The maximum atomic E-state index is 12.2. The Balaban J connectivity index is 2.17. The Morgan fingerprint density at radius 3 is 2.54 bits per heavy atom. The molecule has 8 nitrogen and oxygen atoms in total. The molecule has 1 aromatic rings. The first kappa shape index (κ1) is 20.5. The minimum Gasteiger partial charge on any atom is -0.444 e. The zero-order valence-electron chi connectivity index (χ0n) is 14.8. The van der Waals surface area contributed by atoms with Crippen molar-refractivity contribution in [2.45, 2.75) is 36.0 Å². The predicted octanol–water partition coefficient (Wildman–Crippen LogP) is 1.82. The fraction of sp³-hybridized carbons (Fsp3) is 0.500. The summed E-state index contributed by atoms with van der Waals surface area (Å²) in [6.07, 6.45) is -0.763. The van der Waals surface area contributed by atoms with Crippen LogP contribution in [0.5, 0.6) is 0 Å². The number of nitrogens with one attached hydrogen (secondary N) is 1. The minimum atomic E-state index is -3.86. The van der Waals surface area contributed by atoms with Gasteiger partial charge in [-0.15, -0.1) is 11.8 Å². The first-order chi connectivity index (χ1) is 12.1. The summed E-state index contributed by atoms with van der Waals surface area (Å²) in [5.41, 5.74) is 2.01. The van der Waals surface area contributed by atoms with Crippen LogP contribution >= 0.6 is 11.8 Å². The number of rotatable bonds is 7. The van der Waals surface area contributed by atoms with Gasteiger partial charge in [-0.3, -0.25) is 14.9 Å². The van der Waals surface area contributed by atoms with Gasteiger partial charge in [-0.1, -0.05) is 6.92 Å². The highest BCUT2D eigenvalue weighted by molar-refractivity contribution is 7.99. The van der Waals surface area contributed by atoms with Gasteiger partial charge in [0.05, 0.1) is 6.54 Å². The summed E-state index contributed by atoms with van der Waals surface area (Å²) in [7, 11) is -3.86. The van der Waals surface area contributed by atoms with Crippen LogP contribution in [0, 0.1) is 0 Å². The minimum absolute atomic E-state index is 0.114. The maximum Gasteiger partial charge on any atom is 0.414 e. The fourth-order valence-electron chi connectivity index (χ4n) is 2.69. The molecule has 2 rings (SSSR count). The number of hydroxylamine groups is 1. The van der Waals surface area contributed by atoms with Crippen LogP contribution in [0.4, 0.5) is 10.5 Å². The van der Waals surface area contributed by atoms with Gasteiger partial charge in [0, 0.05) is 23.3 Å². The zero-order valence-corrected chi connectivity index (χ0v) is 16.4. The number of amides is 2. The Morgan fingerprint density at radius 1 is 1.42 bits per heavy atom. The topological polar surface area (TPSA) is 113 Å². The van der Waals surface area contributed by atoms with E-state index in [-0.39, 0.29) is 13.0 Å². The largest absolute Gasteiger partial charge is 0.444 e. The number of benzene rings is 1. The van der Waals surface area contributed by atoms with Crippen LogP contribution in [0.15, 0.2) is 29.2 Å². The lowest BCUT2D eigenvalue weighted by atomic mass is 10.0. The maximum absolute atomic E-state index is 12.2. The van der Waals surface area contributed by atoms with Crippen molar-refractivity contribution < 1.29 is 28.0 Å². The molecule has 1 aromatic carbocycles. The van der Waals surface area contributed by atoms with E-state index in [1.807, 2.05) is 19.1 Å². The van der Waals surface area contributed by atoms with Crippen molar-refractivity contribution in [1.82, 2.24) is 5.48 Å². The molecule has 2 atom stereocenters. The molecule has 0 radical (unpaired) electrons. The highest BCUT2D eigenvalue weighted by atomic mass is 32.2. The summed E-state index contributed by atoms with van der Waals surface area (Å²) < 4.78 is 27.4. The van der Waals surface area contributed by atoms with E-state index in [1.54, 1.807) is 23.9 Å². The van der Waals surface area contributed by atoms with Gasteiger partial charge in [0.25, 0.3) is 5.91 Å². The van der Waals surface area contributed by atoms with Gasteiger partial charge in [0.15, 0.2) is 14.6 Å². The molecule has 0 aliphatic carbocycles. The normalized spacial score (nSPS) is 19.8. The number of carbonyl (C=O) groups excluding carboxylic acids is 2. The van der Waals surface area contributed by atoms with Crippen molar-refractivity contribution >= 4 is 39.3 Å². The Bertz CT molecular complexity index is 780. The number of cyclic esters (lactones) is 1. The molecule has 0 saturated carbocycles. The zero-order chi connectivity index (χ0) is 19.5. The Labute approximate surface area is 156 Å². The number of anilines is 1. The smallest absolute Gasteiger partial charge is 0.414 e. The monoisotopic (exact) mass is 402 g/mol. The van der Waals surface area contributed by atoms with Crippen molar-refractivity contribution in [1.29, 1.82) is 0 Å². The third-order valence-corrected chi connectivity index (χ3v) is 7.23. The van der Waals surface area contributed by atoms with E-state index >= 15 is 0 Å². The van der Waals surface area contributed by atoms with Crippen LogP contribution in [-0.2, 0) is 19.4 Å². The molecule has 0 aromatic heterocycles. The highest BCUT2D eigenvalue weighted by Crippen LogP contribution is 2.30. The molecular weight excluding hydrogens is 380 g/mol. The van der Waals surface area contributed by atoms with Gasteiger partial charge in [-0.05, 0) is 36.9 Å². The molecule has 1 aliphatic rings. The number of thioether (sulfide) groups is 1. The number of hydrogen-bond donors (Lipinski definition) is 2. The van der Waals surface area contributed by atoms with Gasteiger partial charge in [0.2, 0.25) is 0 Å². The lowest BCUT2D eigenvalue weighted by molar-refractivity contribution is -0.132. The van der Waals surface area contributed by atoms with E-state index in [2.05, 4.69) is 0 Å². The molecule has 1 aliphatic heterocycles. The lowest BCUT2D eigenvalue weighted by Crippen LogP contribution is -2.51. The molecule has 2 amide bonds. The van der Waals surface area contributed by atoms with Crippen LogP contribution in [0.2, 0.25) is 0 Å². The van der Waals surface area contributed by atoms with E-state index in [1.165, 1.54) is 17.3 Å². The average molecular weight is 402 g/mol. The summed E-state index contributed by atoms with van der Waals surface area (Å²) in [4.78, 5) is 26.5. The van der Waals surface area contributed by atoms with Gasteiger partial charge >= 0.3 is 6.09 Å². The Morgan fingerprint density at radius 2 is 2.04 bits per heavy atom. The third-order valence-electron chi connectivity index (χ3n) is 4.35. The van der Waals surface area contributed by atoms with Crippen molar-refractivity contribution in [2.75, 3.05) is 23.5 Å². The molecule has 144 valence electrons. The molecule has 0 bridgehead atoms. The van der Waals surface area contributed by atoms with Crippen LogP contribution in [0.1, 0.15) is 20.3 Å². The van der Waals surface area contributed by atoms with E-state index < -0.39 is 32.7 Å². The van der Waals surface area contributed by atoms with Crippen LogP contribution in [-0.4, -0.2) is 55.0 Å². The number of ether oxygens (including phenoxy) is 1. The van der Waals surface area contributed by atoms with Crippen LogP contribution in [0.25, 0.3) is 0 Å². The molecule has 2 unspecified atom stereocenters. The number of nitrogens with zero attached hydrogens (tertiary/aromatic N) is 1. The molecule has 26 heavy (non-hydrogen) atoms. The quantitative estimate of drug-likeness (QED) is 0.406. The van der Waals surface area contributed by atoms with Gasteiger partial charge < -0.3 is 4.74 Å². The first-order valence-corrected chi connectivity index (χ1v) is 10.8. The first-order valence-electron chi connectivity index (χ1n) is 7.97. The highest BCUT2D eigenvalue weighted by Gasteiger charge is 2.48. The van der Waals surface area contributed by atoms with Crippen molar-refractivity contribution in [3.8, 4) is 0 Å². The van der Waals surface area contributed by atoms with Gasteiger partial charge in [-0.25, -0.2) is 18.7 Å². The van der Waals surface area contributed by atoms with Crippen molar-refractivity contribution in [2.24, 2.45) is 0 Å². The molecule has 10 heteroatoms. The molecule has 0 spiro atoms. The second-order valence-corrected chi connectivity index (χ2v) is 9.97. The van der Waals surface area contributed by atoms with Crippen LogP contribution < -0.4 is 10.4 Å². The number of hydrogen-bond acceptors (Lipinski definition) is 7. The number of sulfone groups is 1. The summed E-state index contributed by atoms with van der Waals surface area (Å²) in [6.45, 7) is 3.35. The van der Waals surface area contributed by atoms with E-state index in [9.17, 15) is 18.0 Å². The average Bonchev–Trinajstić information content (AvgIpc) is 2.94. The lowest BCUT2D eigenvalue weighted by Gasteiger charge is -2.26. The third kappa shape index (κ3) is 4.13. The summed E-state index contributed by atoms with van der Waals surface area (Å²) in [5.74, 6) is -0.125. The molecule has 2 N–H and O–H groups in total. The Kier molecular flexibility index (Phi) is 6.20. The van der Waals surface area contributed by atoms with E-state index in [0.717, 1.165) is 16.9 Å². The van der Waals surface area contributed by atoms with Crippen molar-refractivity contribution in [3.05, 3.63) is 24.3 Å².